The second kappa shape index (κ2) is 11.6. The highest BCUT2D eigenvalue weighted by molar-refractivity contribution is 6.32. The van der Waals surface area contributed by atoms with Crippen molar-refractivity contribution < 1.29 is 38.0 Å². The third-order valence-corrected chi connectivity index (χ3v) is 9.49. The SMILES string of the molecule is COc1cccc(C2=CN3C(=O)C4=C5c6cc(OC)c(OC)cc6C(c6cccc(OC)c6)=CN5C(=O)C4=C3c3cc(OC)c(OC)cc32)c1. The molecule has 4 heterocycles. The third-order valence-electron chi connectivity index (χ3n) is 9.49. The lowest BCUT2D eigenvalue weighted by Gasteiger charge is -2.31. The van der Waals surface area contributed by atoms with Crippen LogP contribution in [0.1, 0.15) is 33.4 Å². The van der Waals surface area contributed by atoms with Crippen molar-refractivity contribution in [2.75, 3.05) is 42.7 Å². The Morgan fingerprint density at radius 1 is 0.440 bits per heavy atom. The first-order chi connectivity index (χ1) is 24.3. The molecule has 0 unspecified atom stereocenters. The minimum absolute atomic E-state index is 0.295. The molecule has 0 radical (unpaired) electrons. The number of carbonyl (C=O) groups excluding carboxylic acids is 2. The first-order valence-corrected chi connectivity index (χ1v) is 15.8. The van der Waals surface area contributed by atoms with Crippen LogP contribution in [0, 0.1) is 0 Å². The van der Waals surface area contributed by atoms with Crippen molar-refractivity contribution in [2.24, 2.45) is 0 Å². The molecule has 0 saturated carbocycles. The molecule has 0 aliphatic carbocycles. The Balaban J connectivity index is 1.42. The Kier molecular flexibility index (Phi) is 7.18. The molecule has 50 heavy (non-hydrogen) atoms. The summed E-state index contributed by atoms with van der Waals surface area (Å²) < 4.78 is 33.9. The van der Waals surface area contributed by atoms with Gasteiger partial charge in [0.25, 0.3) is 11.8 Å². The van der Waals surface area contributed by atoms with Crippen molar-refractivity contribution in [3.63, 3.8) is 0 Å². The van der Waals surface area contributed by atoms with E-state index in [1.54, 1.807) is 64.9 Å². The van der Waals surface area contributed by atoms with Crippen LogP contribution in [-0.2, 0) is 9.59 Å². The highest BCUT2D eigenvalue weighted by Crippen LogP contribution is 2.55. The standard InChI is InChI=1S/C40H32N2O8/c1-45-23-11-7-9-21(13-23)29-19-41-37(27-17-33(49-5)31(47-3)15-25(27)29)35-36(39(41)43)38-28-18-34(50-6)32(48-4)16-26(28)30(20-42(38)40(35)44)22-10-8-12-24(14-22)46-2/h7-20H,1-6H3. The predicted octanol–water partition coefficient (Wildman–Crippen LogP) is 6.35. The molecule has 0 atom stereocenters. The van der Waals surface area contributed by atoms with Crippen LogP contribution in [0.2, 0.25) is 0 Å². The van der Waals surface area contributed by atoms with E-state index in [9.17, 15) is 9.59 Å². The van der Waals surface area contributed by atoms with E-state index in [-0.39, 0.29) is 11.8 Å². The molecule has 8 rings (SSSR count). The monoisotopic (exact) mass is 668 g/mol. The van der Waals surface area contributed by atoms with Gasteiger partial charge in [-0.2, -0.15) is 0 Å². The first kappa shape index (κ1) is 30.9. The Morgan fingerprint density at radius 2 is 0.800 bits per heavy atom. The zero-order valence-electron chi connectivity index (χ0n) is 28.2. The van der Waals surface area contributed by atoms with Gasteiger partial charge in [0.1, 0.15) is 11.5 Å². The fourth-order valence-electron chi connectivity index (χ4n) is 7.15. The Morgan fingerprint density at radius 3 is 1.14 bits per heavy atom. The predicted molar refractivity (Wildman–Crippen MR) is 187 cm³/mol. The van der Waals surface area contributed by atoms with Gasteiger partial charge in [-0.3, -0.25) is 19.4 Å². The van der Waals surface area contributed by atoms with Crippen LogP contribution in [0.3, 0.4) is 0 Å². The zero-order chi connectivity index (χ0) is 34.8. The van der Waals surface area contributed by atoms with Gasteiger partial charge >= 0.3 is 0 Å². The summed E-state index contributed by atoms with van der Waals surface area (Å²) in [6.07, 6.45) is 3.57. The summed E-state index contributed by atoms with van der Waals surface area (Å²) in [5.41, 5.74) is 7.52. The van der Waals surface area contributed by atoms with E-state index in [4.69, 9.17) is 28.4 Å². The molecule has 0 bridgehead atoms. The number of hydrogen-bond donors (Lipinski definition) is 0. The topological polar surface area (TPSA) is 96.0 Å². The average molecular weight is 669 g/mol. The normalized spacial score (nSPS) is 15.5. The third kappa shape index (κ3) is 4.34. The van der Waals surface area contributed by atoms with Gasteiger partial charge in [0, 0.05) is 34.7 Å². The maximum absolute atomic E-state index is 14.8. The minimum Gasteiger partial charge on any atom is -0.497 e. The van der Waals surface area contributed by atoms with Crippen molar-refractivity contribution in [2.45, 2.75) is 0 Å². The number of amides is 2. The Hall–Kier alpha value is -6.42. The summed E-state index contributed by atoms with van der Waals surface area (Å²) in [5.74, 6) is 2.61. The molecule has 0 aromatic heterocycles. The van der Waals surface area contributed by atoms with Gasteiger partial charge in [0.2, 0.25) is 0 Å². The van der Waals surface area contributed by atoms with Gasteiger partial charge in [0.15, 0.2) is 23.0 Å². The van der Waals surface area contributed by atoms with Gasteiger partial charge in [-0.1, -0.05) is 24.3 Å². The molecule has 2 amide bonds. The largest absolute Gasteiger partial charge is 0.497 e. The molecule has 4 aliphatic rings. The van der Waals surface area contributed by atoms with E-state index in [0.717, 1.165) is 33.4 Å². The molecule has 10 heteroatoms. The number of methoxy groups -OCH3 is 6. The lowest BCUT2D eigenvalue weighted by molar-refractivity contribution is -0.122. The van der Waals surface area contributed by atoms with Gasteiger partial charge in [-0.25, -0.2) is 0 Å². The van der Waals surface area contributed by atoms with Crippen molar-refractivity contribution in [3.8, 4) is 34.5 Å². The fourth-order valence-corrected chi connectivity index (χ4v) is 7.15. The molecular formula is C40H32N2O8. The Bertz CT molecular complexity index is 2140. The Labute approximate surface area is 288 Å². The first-order valence-electron chi connectivity index (χ1n) is 15.8. The molecule has 0 fully saturated rings. The summed E-state index contributed by atoms with van der Waals surface area (Å²) in [4.78, 5) is 32.7. The summed E-state index contributed by atoms with van der Waals surface area (Å²) in [6, 6.07) is 22.6. The fraction of sp³-hybridized carbons (Fsp3) is 0.150. The second-order valence-electron chi connectivity index (χ2n) is 11.9. The number of benzene rings is 4. The molecule has 4 aromatic carbocycles. The van der Waals surface area contributed by atoms with E-state index >= 15 is 0 Å². The number of ether oxygens (including phenoxy) is 6. The van der Waals surface area contributed by atoms with Crippen LogP contribution in [0.15, 0.2) is 96.3 Å². The van der Waals surface area contributed by atoms with Crippen LogP contribution >= 0.6 is 0 Å². The minimum atomic E-state index is -0.333. The highest BCUT2D eigenvalue weighted by atomic mass is 16.5. The molecule has 0 N–H and O–H groups in total. The van der Waals surface area contributed by atoms with Crippen LogP contribution < -0.4 is 28.4 Å². The number of rotatable bonds is 8. The van der Waals surface area contributed by atoms with Gasteiger partial charge in [0.05, 0.1) is 65.2 Å². The van der Waals surface area contributed by atoms with E-state index in [0.29, 0.717) is 68.2 Å². The number of fused-ring (bicyclic) bond motifs is 7. The zero-order valence-corrected chi connectivity index (χ0v) is 28.2. The van der Waals surface area contributed by atoms with E-state index < -0.39 is 0 Å². The average Bonchev–Trinajstić information content (AvgIpc) is 3.62. The maximum Gasteiger partial charge on any atom is 0.265 e. The number of carbonyl (C=O) groups is 2. The lowest BCUT2D eigenvalue weighted by atomic mass is 9.88. The maximum atomic E-state index is 14.8. The molecule has 0 saturated heterocycles. The van der Waals surface area contributed by atoms with Crippen molar-refractivity contribution in [1.82, 2.24) is 9.80 Å². The van der Waals surface area contributed by atoms with Crippen molar-refractivity contribution in [1.29, 1.82) is 0 Å². The van der Waals surface area contributed by atoms with Gasteiger partial charge < -0.3 is 28.4 Å². The van der Waals surface area contributed by atoms with Gasteiger partial charge in [-0.05, 0) is 70.8 Å². The van der Waals surface area contributed by atoms with Crippen LogP contribution in [0.25, 0.3) is 22.5 Å². The lowest BCUT2D eigenvalue weighted by Crippen LogP contribution is -2.28. The summed E-state index contributed by atoms with van der Waals surface area (Å²) in [7, 11) is 9.47. The number of hydrogen-bond acceptors (Lipinski definition) is 8. The molecule has 250 valence electrons. The van der Waals surface area contributed by atoms with E-state index in [1.807, 2.05) is 72.8 Å². The quantitative estimate of drug-likeness (QED) is 0.215. The van der Waals surface area contributed by atoms with Crippen LogP contribution in [0.4, 0.5) is 0 Å². The van der Waals surface area contributed by atoms with E-state index in [2.05, 4.69) is 0 Å². The van der Waals surface area contributed by atoms with Crippen LogP contribution in [-0.4, -0.2) is 64.3 Å². The molecule has 4 aromatic rings. The molecule has 0 spiro atoms. The summed E-state index contributed by atoms with van der Waals surface area (Å²) >= 11 is 0. The second-order valence-corrected chi connectivity index (χ2v) is 11.9. The van der Waals surface area contributed by atoms with Gasteiger partial charge in [-0.15, -0.1) is 0 Å². The molecule has 4 aliphatic heterocycles. The summed E-state index contributed by atoms with van der Waals surface area (Å²) in [6.45, 7) is 0. The van der Waals surface area contributed by atoms with Crippen molar-refractivity contribution >= 4 is 34.4 Å². The highest BCUT2D eigenvalue weighted by Gasteiger charge is 2.51. The van der Waals surface area contributed by atoms with Crippen LogP contribution in [0.5, 0.6) is 34.5 Å². The smallest absolute Gasteiger partial charge is 0.265 e. The summed E-state index contributed by atoms with van der Waals surface area (Å²) in [5, 5.41) is 0. The number of nitrogens with zero attached hydrogens (tertiary/aromatic N) is 2. The van der Waals surface area contributed by atoms with E-state index in [1.165, 1.54) is 0 Å². The molecule has 10 nitrogen and oxygen atoms in total. The van der Waals surface area contributed by atoms with Crippen molar-refractivity contribution in [3.05, 3.63) is 130 Å². The molecular weight excluding hydrogens is 636 g/mol.